The van der Waals surface area contributed by atoms with E-state index in [1.807, 2.05) is 51.9 Å². The number of fused-ring (bicyclic) bond motifs is 2. The monoisotopic (exact) mass is 390 g/mol. The number of benzene rings is 1. The summed E-state index contributed by atoms with van der Waals surface area (Å²) in [7, 11) is 0. The molecule has 7 heteroatoms. The lowest BCUT2D eigenvalue weighted by molar-refractivity contribution is -0.152. The predicted octanol–water partition coefficient (Wildman–Crippen LogP) is 2.61. The smallest absolute Gasteiger partial charge is 0.339 e. The third kappa shape index (κ3) is 2.97. The second kappa shape index (κ2) is 6.69. The first-order valence-corrected chi connectivity index (χ1v) is 9.95. The van der Waals surface area contributed by atoms with Gasteiger partial charge in [-0.3, -0.25) is 9.20 Å². The zero-order chi connectivity index (χ0) is 20.0. The minimum absolute atomic E-state index is 0.0975. The van der Waals surface area contributed by atoms with Gasteiger partial charge < -0.3 is 9.64 Å². The molecule has 0 spiro atoms. The van der Waals surface area contributed by atoms with Crippen molar-refractivity contribution < 1.29 is 14.3 Å². The highest BCUT2D eigenvalue weighted by atomic mass is 16.6. The number of nitrogens with zero attached hydrogens (tertiary/aromatic N) is 4. The number of aromatic nitrogens is 3. The van der Waals surface area contributed by atoms with Crippen LogP contribution in [0.5, 0.6) is 0 Å². The summed E-state index contributed by atoms with van der Waals surface area (Å²) in [5.74, 6) is 0.396. The summed E-state index contributed by atoms with van der Waals surface area (Å²) in [5.41, 5.74) is 1.02. The van der Waals surface area contributed by atoms with E-state index in [-0.39, 0.29) is 11.8 Å². The molecule has 1 fully saturated rings. The first-order chi connectivity index (χ1) is 14.0. The predicted molar refractivity (Wildman–Crippen MR) is 106 cm³/mol. The van der Waals surface area contributed by atoms with Gasteiger partial charge in [-0.25, -0.2) is 4.79 Å². The maximum Gasteiger partial charge on any atom is 0.339 e. The van der Waals surface area contributed by atoms with Gasteiger partial charge in [-0.2, -0.15) is 0 Å². The van der Waals surface area contributed by atoms with Crippen LogP contribution < -0.4 is 0 Å². The second-order valence-electron chi connectivity index (χ2n) is 8.03. The molecule has 1 amide bonds. The van der Waals surface area contributed by atoms with Crippen LogP contribution in [0.1, 0.15) is 47.4 Å². The number of likely N-dealkylation sites (tertiary alicyclic amines) is 1. The third-order valence-electron chi connectivity index (χ3n) is 5.95. The summed E-state index contributed by atoms with van der Waals surface area (Å²) < 4.78 is 7.63. The number of hydrogen-bond acceptors (Lipinski definition) is 5. The first kappa shape index (κ1) is 17.8. The molecule has 2 aliphatic heterocycles. The van der Waals surface area contributed by atoms with Crippen LogP contribution in [0.2, 0.25) is 0 Å². The number of carbonyl (C=O) groups is 2. The molecule has 1 aromatic carbocycles. The Morgan fingerprint density at radius 2 is 2.00 bits per heavy atom. The van der Waals surface area contributed by atoms with E-state index >= 15 is 0 Å². The molecule has 5 rings (SSSR count). The van der Waals surface area contributed by atoms with Gasteiger partial charge >= 0.3 is 5.97 Å². The van der Waals surface area contributed by atoms with Crippen LogP contribution in [0, 0.1) is 0 Å². The molecule has 0 saturated carbocycles. The largest absolute Gasteiger partial charge is 0.445 e. The Labute approximate surface area is 168 Å². The minimum Gasteiger partial charge on any atom is -0.445 e. The van der Waals surface area contributed by atoms with Crippen molar-refractivity contribution in [2.45, 2.75) is 37.7 Å². The molecule has 0 bridgehead atoms. The average Bonchev–Trinajstić information content (AvgIpc) is 3.17. The van der Waals surface area contributed by atoms with Crippen LogP contribution in [0.25, 0.3) is 5.65 Å². The number of cyclic esters (lactones) is 1. The van der Waals surface area contributed by atoms with E-state index in [0.29, 0.717) is 25.1 Å². The Morgan fingerprint density at radius 3 is 2.90 bits per heavy atom. The molecule has 4 heterocycles. The van der Waals surface area contributed by atoms with Crippen LogP contribution in [-0.2, 0) is 16.0 Å². The lowest BCUT2D eigenvalue weighted by Gasteiger charge is -2.40. The highest BCUT2D eigenvalue weighted by molar-refractivity contribution is 5.97. The van der Waals surface area contributed by atoms with E-state index in [1.54, 1.807) is 13.0 Å². The lowest BCUT2D eigenvalue weighted by atomic mass is 9.87. The Balaban J connectivity index is 1.39. The van der Waals surface area contributed by atoms with Crippen LogP contribution in [-0.4, -0.2) is 50.1 Å². The summed E-state index contributed by atoms with van der Waals surface area (Å²) in [4.78, 5) is 27.7. The van der Waals surface area contributed by atoms with Gasteiger partial charge in [0.2, 0.25) is 0 Å². The Bertz CT molecular complexity index is 1110. The fourth-order valence-electron chi connectivity index (χ4n) is 4.50. The van der Waals surface area contributed by atoms with Gasteiger partial charge in [-0.05, 0) is 43.5 Å². The van der Waals surface area contributed by atoms with Gasteiger partial charge in [-0.15, -0.1) is 10.2 Å². The van der Waals surface area contributed by atoms with E-state index in [2.05, 4.69) is 10.2 Å². The molecule has 0 radical (unpaired) electrons. The van der Waals surface area contributed by atoms with E-state index in [0.717, 1.165) is 29.9 Å². The standard InChI is InChI=1S/C22H22N4O3/c1-22(13-15-7-2-3-9-17(15)20(27)29-22)21(28)25-11-6-8-16(14-25)19-24-23-18-10-4-5-12-26(18)19/h2-5,7,9-10,12,16H,6,8,11,13-14H2,1H3. The topological polar surface area (TPSA) is 76.8 Å². The second-order valence-corrected chi connectivity index (χ2v) is 8.03. The zero-order valence-corrected chi connectivity index (χ0v) is 16.2. The number of rotatable bonds is 2. The molecular weight excluding hydrogens is 368 g/mol. The lowest BCUT2D eigenvalue weighted by Crippen LogP contribution is -2.55. The molecule has 2 unspecified atom stereocenters. The van der Waals surface area contributed by atoms with Gasteiger partial charge in [0.25, 0.3) is 5.91 Å². The van der Waals surface area contributed by atoms with Gasteiger partial charge in [0.15, 0.2) is 11.2 Å². The average molecular weight is 390 g/mol. The van der Waals surface area contributed by atoms with Crippen LogP contribution in [0.15, 0.2) is 48.7 Å². The molecular formula is C22H22N4O3. The van der Waals surface area contributed by atoms with Crippen molar-refractivity contribution in [1.29, 1.82) is 0 Å². The number of carbonyl (C=O) groups excluding carboxylic acids is 2. The Hall–Kier alpha value is -3.22. The van der Waals surface area contributed by atoms with Crippen molar-refractivity contribution in [2.24, 2.45) is 0 Å². The normalized spacial score (nSPS) is 24.2. The maximum absolute atomic E-state index is 13.4. The van der Waals surface area contributed by atoms with Crippen molar-refractivity contribution in [3.05, 3.63) is 65.6 Å². The van der Waals surface area contributed by atoms with Crippen molar-refractivity contribution >= 4 is 17.5 Å². The zero-order valence-electron chi connectivity index (χ0n) is 16.2. The number of ether oxygens (including phenoxy) is 1. The summed E-state index contributed by atoms with van der Waals surface area (Å²) in [6, 6.07) is 13.1. The summed E-state index contributed by atoms with van der Waals surface area (Å²) in [5, 5.41) is 8.62. The summed E-state index contributed by atoms with van der Waals surface area (Å²) >= 11 is 0. The van der Waals surface area contributed by atoms with Gasteiger partial charge in [-0.1, -0.05) is 24.3 Å². The molecule has 0 aliphatic carbocycles. The Morgan fingerprint density at radius 1 is 1.17 bits per heavy atom. The number of pyridine rings is 1. The molecule has 7 nitrogen and oxygen atoms in total. The molecule has 29 heavy (non-hydrogen) atoms. The fourth-order valence-corrected chi connectivity index (χ4v) is 4.50. The van der Waals surface area contributed by atoms with Gasteiger partial charge in [0.1, 0.15) is 5.82 Å². The number of amides is 1. The molecule has 148 valence electrons. The maximum atomic E-state index is 13.4. The molecule has 1 saturated heterocycles. The third-order valence-corrected chi connectivity index (χ3v) is 5.95. The molecule has 3 aromatic rings. The fraction of sp³-hybridized carbons (Fsp3) is 0.364. The molecule has 2 aromatic heterocycles. The van der Waals surface area contributed by atoms with Crippen LogP contribution in [0.3, 0.4) is 0 Å². The highest BCUT2D eigenvalue weighted by Gasteiger charge is 2.45. The summed E-state index contributed by atoms with van der Waals surface area (Å²) in [6.07, 6.45) is 4.16. The van der Waals surface area contributed by atoms with E-state index in [4.69, 9.17) is 4.74 Å². The van der Waals surface area contributed by atoms with Crippen LogP contribution in [0.4, 0.5) is 0 Å². The molecule has 2 aliphatic rings. The minimum atomic E-state index is -1.18. The first-order valence-electron chi connectivity index (χ1n) is 9.95. The van der Waals surface area contributed by atoms with Crippen LogP contribution >= 0.6 is 0 Å². The summed E-state index contributed by atoms with van der Waals surface area (Å²) in [6.45, 7) is 2.92. The SMILES string of the molecule is CC1(C(=O)N2CCCC(c3nnc4ccccn34)C2)Cc2ccccc2C(=O)O1. The molecule has 2 atom stereocenters. The van der Waals surface area contributed by atoms with Crippen molar-refractivity contribution in [3.63, 3.8) is 0 Å². The van der Waals surface area contributed by atoms with E-state index in [9.17, 15) is 9.59 Å². The number of piperidine rings is 1. The van der Waals surface area contributed by atoms with Crippen molar-refractivity contribution in [1.82, 2.24) is 19.5 Å². The van der Waals surface area contributed by atoms with E-state index in [1.165, 1.54) is 0 Å². The molecule has 0 N–H and O–H groups in total. The van der Waals surface area contributed by atoms with Crippen molar-refractivity contribution in [3.8, 4) is 0 Å². The quantitative estimate of drug-likeness (QED) is 0.629. The number of esters is 1. The van der Waals surface area contributed by atoms with E-state index < -0.39 is 11.6 Å². The Kier molecular flexibility index (Phi) is 4.12. The van der Waals surface area contributed by atoms with Crippen molar-refractivity contribution in [2.75, 3.05) is 13.1 Å². The van der Waals surface area contributed by atoms with Gasteiger partial charge in [0, 0.05) is 31.6 Å². The highest BCUT2D eigenvalue weighted by Crippen LogP contribution is 2.33. The number of hydrogen-bond donors (Lipinski definition) is 0. The van der Waals surface area contributed by atoms with Gasteiger partial charge in [0.05, 0.1) is 5.56 Å².